The molecule has 1 aromatic carbocycles. The van der Waals surface area contributed by atoms with Crippen molar-refractivity contribution >= 4 is 0 Å². The molecule has 1 nitrogen and oxygen atoms in total. The second-order valence-corrected chi connectivity index (χ2v) is 5.20. The number of benzene rings is 1. The fourth-order valence-electron chi connectivity index (χ4n) is 3.54. The summed E-state index contributed by atoms with van der Waals surface area (Å²) >= 11 is 0. The summed E-state index contributed by atoms with van der Waals surface area (Å²) in [5.74, 6) is 1.49. The summed E-state index contributed by atoms with van der Waals surface area (Å²) < 4.78 is 5.85. The minimum Gasteiger partial charge on any atom is -0.366 e. The zero-order valence-electron chi connectivity index (χ0n) is 8.73. The van der Waals surface area contributed by atoms with E-state index in [1.54, 1.807) is 0 Å². The summed E-state index contributed by atoms with van der Waals surface area (Å²) in [6.45, 7) is 0. The maximum atomic E-state index is 5.85. The molecule has 1 heteroatoms. The Balaban J connectivity index is 1.69. The lowest BCUT2D eigenvalue weighted by Crippen LogP contribution is -2.37. The highest BCUT2D eigenvalue weighted by Gasteiger charge is 2.64. The molecule has 3 aliphatic carbocycles. The van der Waals surface area contributed by atoms with Gasteiger partial charge in [0.05, 0.1) is 11.7 Å². The van der Waals surface area contributed by atoms with E-state index in [-0.39, 0.29) is 5.60 Å². The van der Waals surface area contributed by atoms with Crippen molar-refractivity contribution in [2.75, 3.05) is 0 Å². The van der Waals surface area contributed by atoms with Crippen LogP contribution < -0.4 is 0 Å². The molecule has 0 aromatic heterocycles. The van der Waals surface area contributed by atoms with Gasteiger partial charge in [0.2, 0.25) is 0 Å². The van der Waals surface area contributed by atoms with E-state index in [4.69, 9.17) is 4.74 Å². The van der Waals surface area contributed by atoms with Gasteiger partial charge in [0, 0.05) is 6.42 Å². The van der Waals surface area contributed by atoms with Crippen LogP contribution in [0.2, 0.25) is 0 Å². The van der Waals surface area contributed by atoms with Gasteiger partial charge in [0.25, 0.3) is 0 Å². The first-order valence-electron chi connectivity index (χ1n) is 5.96. The Hall–Kier alpha value is -0.820. The second-order valence-electron chi connectivity index (χ2n) is 5.20. The van der Waals surface area contributed by atoms with Crippen LogP contribution >= 0.6 is 0 Å². The lowest BCUT2D eigenvalue weighted by Gasteiger charge is -2.39. The number of hydrogen-bond donors (Lipinski definition) is 0. The third-order valence-electron chi connectivity index (χ3n) is 4.43. The second kappa shape index (κ2) is 2.65. The van der Waals surface area contributed by atoms with E-state index in [1.807, 2.05) is 0 Å². The van der Waals surface area contributed by atoms with E-state index in [0.717, 1.165) is 5.92 Å². The van der Waals surface area contributed by atoms with Crippen LogP contribution in [-0.4, -0.2) is 11.7 Å². The van der Waals surface area contributed by atoms with Crippen molar-refractivity contribution in [2.45, 2.75) is 36.9 Å². The van der Waals surface area contributed by atoms with E-state index in [0.29, 0.717) is 12.0 Å². The molecule has 4 aliphatic rings. The Labute approximate surface area is 90.4 Å². The Kier molecular flexibility index (Phi) is 1.47. The molecule has 1 aromatic rings. The molecule has 77 valence electrons. The van der Waals surface area contributed by atoms with Gasteiger partial charge in [-0.05, 0) is 36.7 Å². The van der Waals surface area contributed by atoms with Gasteiger partial charge in [0.1, 0.15) is 0 Å². The molecule has 1 saturated heterocycles. The molecule has 0 N–H and O–H groups in total. The number of epoxide rings is 1. The predicted octanol–water partition coefficient (Wildman–Crippen LogP) is 2.93. The van der Waals surface area contributed by atoms with Crippen LogP contribution in [-0.2, 0) is 4.74 Å². The van der Waals surface area contributed by atoms with Crippen LogP contribution in [0.15, 0.2) is 30.3 Å². The SMILES string of the molecule is [CH]1[C@H](c2ccccc2)[C@@H]2CC[C@]13OC3C2. The largest absolute Gasteiger partial charge is 0.366 e. The molecule has 4 fully saturated rings. The van der Waals surface area contributed by atoms with Gasteiger partial charge in [-0.1, -0.05) is 30.3 Å². The molecule has 0 amide bonds. The molecule has 15 heavy (non-hydrogen) atoms. The molecule has 1 aliphatic heterocycles. The molecular weight excluding hydrogens is 184 g/mol. The minimum atomic E-state index is 0.204. The third-order valence-corrected chi connectivity index (χ3v) is 4.43. The Morgan fingerprint density at radius 1 is 1.20 bits per heavy atom. The van der Waals surface area contributed by atoms with Gasteiger partial charge in [-0.25, -0.2) is 0 Å². The van der Waals surface area contributed by atoms with Crippen LogP contribution in [0.4, 0.5) is 0 Å². The van der Waals surface area contributed by atoms with E-state index >= 15 is 0 Å². The molecule has 1 heterocycles. The highest BCUT2D eigenvalue weighted by Crippen LogP contribution is 2.62. The van der Waals surface area contributed by atoms with Crippen molar-refractivity contribution in [3.63, 3.8) is 0 Å². The summed E-state index contributed by atoms with van der Waals surface area (Å²) in [5, 5.41) is 0. The van der Waals surface area contributed by atoms with Crippen molar-refractivity contribution in [3.8, 4) is 0 Å². The van der Waals surface area contributed by atoms with E-state index < -0.39 is 0 Å². The van der Waals surface area contributed by atoms with Crippen molar-refractivity contribution in [2.24, 2.45) is 5.92 Å². The average Bonchev–Trinajstić information content (AvgIpc) is 3.03. The minimum absolute atomic E-state index is 0.204. The number of ether oxygens (including phenoxy) is 1. The molecule has 1 radical (unpaired) electrons. The fourth-order valence-corrected chi connectivity index (χ4v) is 3.54. The van der Waals surface area contributed by atoms with Gasteiger partial charge in [-0.3, -0.25) is 0 Å². The Morgan fingerprint density at radius 3 is 2.80 bits per heavy atom. The van der Waals surface area contributed by atoms with Crippen LogP contribution in [0.25, 0.3) is 0 Å². The van der Waals surface area contributed by atoms with Gasteiger partial charge >= 0.3 is 0 Å². The fraction of sp³-hybridized carbons (Fsp3) is 0.500. The first kappa shape index (κ1) is 8.35. The number of rotatable bonds is 1. The van der Waals surface area contributed by atoms with Gasteiger partial charge in [-0.2, -0.15) is 0 Å². The predicted molar refractivity (Wildman–Crippen MR) is 58.4 cm³/mol. The van der Waals surface area contributed by atoms with Crippen LogP contribution in [0.5, 0.6) is 0 Å². The zero-order chi connectivity index (χ0) is 9.88. The Morgan fingerprint density at radius 2 is 2.07 bits per heavy atom. The maximum Gasteiger partial charge on any atom is 0.0986 e. The number of hydrogen-bond acceptors (Lipinski definition) is 1. The molecule has 5 rings (SSSR count). The molecule has 1 unspecified atom stereocenters. The molecule has 4 atom stereocenters. The summed E-state index contributed by atoms with van der Waals surface area (Å²) in [7, 11) is 0. The van der Waals surface area contributed by atoms with Crippen LogP contribution in [0.3, 0.4) is 0 Å². The monoisotopic (exact) mass is 199 g/mol. The van der Waals surface area contributed by atoms with Gasteiger partial charge in [-0.15, -0.1) is 0 Å². The van der Waals surface area contributed by atoms with Crippen LogP contribution in [0.1, 0.15) is 30.7 Å². The van der Waals surface area contributed by atoms with E-state index in [2.05, 4.69) is 36.8 Å². The highest BCUT2D eigenvalue weighted by molar-refractivity contribution is 5.33. The molecule has 1 spiro atoms. The lowest BCUT2D eigenvalue weighted by molar-refractivity contribution is 0.239. The summed E-state index contributed by atoms with van der Waals surface area (Å²) in [4.78, 5) is 0. The van der Waals surface area contributed by atoms with Gasteiger partial charge < -0.3 is 4.74 Å². The Bertz CT molecular complexity index is 386. The van der Waals surface area contributed by atoms with Crippen LogP contribution in [0, 0.1) is 12.3 Å². The number of fused-ring (bicyclic) bond motifs is 2. The standard InChI is InChI=1S/C14H15O/c1-2-4-10(5-3-1)12-9-14-7-6-11(12)8-13(14)15-14/h1-5,9,11-13H,6-8H2/t11-,12-,13?,14+/m1/s1. The first-order chi connectivity index (χ1) is 7.37. The molecule has 3 saturated carbocycles. The summed E-state index contributed by atoms with van der Waals surface area (Å²) in [6.07, 6.45) is 6.98. The highest BCUT2D eigenvalue weighted by atomic mass is 16.6. The topological polar surface area (TPSA) is 12.5 Å². The summed E-state index contributed by atoms with van der Waals surface area (Å²) in [5.41, 5.74) is 1.69. The quantitative estimate of drug-likeness (QED) is 0.633. The smallest absolute Gasteiger partial charge is 0.0986 e. The lowest BCUT2D eigenvalue weighted by atomic mass is 9.63. The maximum absolute atomic E-state index is 5.85. The van der Waals surface area contributed by atoms with E-state index in [9.17, 15) is 0 Å². The summed E-state index contributed by atoms with van der Waals surface area (Å²) in [6, 6.07) is 10.9. The molecule has 2 bridgehead atoms. The van der Waals surface area contributed by atoms with E-state index in [1.165, 1.54) is 24.8 Å². The van der Waals surface area contributed by atoms with Crippen molar-refractivity contribution in [1.82, 2.24) is 0 Å². The molecular formula is C14H15O. The third kappa shape index (κ3) is 1.07. The van der Waals surface area contributed by atoms with Gasteiger partial charge in [0.15, 0.2) is 0 Å². The van der Waals surface area contributed by atoms with Crippen molar-refractivity contribution < 1.29 is 4.74 Å². The normalized spacial score (nSPS) is 46.3. The zero-order valence-corrected chi connectivity index (χ0v) is 8.73. The average molecular weight is 199 g/mol. The first-order valence-corrected chi connectivity index (χ1v) is 5.96. The van der Waals surface area contributed by atoms with Crippen molar-refractivity contribution in [3.05, 3.63) is 42.3 Å². The van der Waals surface area contributed by atoms with Crippen molar-refractivity contribution in [1.29, 1.82) is 0 Å².